The molecule has 1 saturated carbocycles. The van der Waals surface area contributed by atoms with Gasteiger partial charge in [-0.15, -0.1) is 0 Å². The van der Waals surface area contributed by atoms with Gasteiger partial charge in [-0.25, -0.2) is 0 Å². The van der Waals surface area contributed by atoms with Gasteiger partial charge in [0.15, 0.2) is 0 Å². The highest BCUT2D eigenvalue weighted by Gasteiger charge is 2.43. The minimum atomic E-state index is -0.510. The molecule has 0 spiro atoms. The third kappa shape index (κ3) is 2.60. The number of hydrogen-bond donors (Lipinski definition) is 2. The number of nitrogens with zero attached hydrogens (tertiary/aromatic N) is 1. The summed E-state index contributed by atoms with van der Waals surface area (Å²) in [4.78, 5) is 4.13. The molecule has 3 nitrogen and oxygen atoms in total. The Morgan fingerprint density at radius 3 is 2.94 bits per heavy atom. The summed E-state index contributed by atoms with van der Waals surface area (Å²) in [5.74, 6) is 0.698. The van der Waals surface area contributed by atoms with Crippen LogP contribution in [0.15, 0.2) is 22.9 Å². The summed E-state index contributed by atoms with van der Waals surface area (Å²) in [6, 6.07) is 1.94. The molecule has 0 amide bonds. The number of aliphatic hydroxyl groups is 1. The van der Waals surface area contributed by atoms with E-state index in [0.717, 1.165) is 22.9 Å². The van der Waals surface area contributed by atoms with E-state index in [2.05, 4.69) is 27.8 Å². The van der Waals surface area contributed by atoms with Crippen molar-refractivity contribution in [2.75, 3.05) is 6.54 Å². The van der Waals surface area contributed by atoms with Crippen LogP contribution in [0.3, 0.4) is 0 Å². The fraction of sp³-hybridized carbons (Fsp3) is 0.643. The molecular weight excluding hydrogens is 292 g/mol. The monoisotopic (exact) mass is 312 g/mol. The van der Waals surface area contributed by atoms with Crippen LogP contribution in [0.1, 0.15) is 44.3 Å². The number of halogens is 1. The lowest BCUT2D eigenvalue weighted by Gasteiger charge is -2.33. The molecule has 1 heterocycles. The number of nitrogens with two attached hydrogens (primary N) is 1. The lowest BCUT2D eigenvalue weighted by molar-refractivity contribution is 0.0298. The van der Waals surface area contributed by atoms with E-state index in [-0.39, 0.29) is 5.41 Å². The van der Waals surface area contributed by atoms with E-state index in [1.54, 1.807) is 12.4 Å². The lowest BCUT2D eigenvalue weighted by atomic mass is 9.77. The van der Waals surface area contributed by atoms with Crippen LogP contribution in [-0.2, 0) is 0 Å². The van der Waals surface area contributed by atoms with Gasteiger partial charge in [0.25, 0.3) is 0 Å². The first-order chi connectivity index (χ1) is 8.61. The predicted octanol–water partition coefficient (Wildman–Crippen LogP) is 3.03. The van der Waals surface area contributed by atoms with Crippen molar-refractivity contribution in [3.63, 3.8) is 0 Å². The Labute approximate surface area is 117 Å². The number of pyridine rings is 1. The highest BCUT2D eigenvalue weighted by molar-refractivity contribution is 9.10. The smallest absolute Gasteiger partial charge is 0.0873 e. The van der Waals surface area contributed by atoms with Gasteiger partial charge in [-0.1, -0.05) is 13.3 Å². The minimum absolute atomic E-state index is 0.164. The van der Waals surface area contributed by atoms with Crippen LogP contribution < -0.4 is 5.73 Å². The van der Waals surface area contributed by atoms with E-state index < -0.39 is 6.10 Å². The Morgan fingerprint density at radius 1 is 1.61 bits per heavy atom. The quantitative estimate of drug-likeness (QED) is 0.898. The molecule has 18 heavy (non-hydrogen) atoms. The molecule has 0 aromatic carbocycles. The molecular formula is C14H21BrN2O. The topological polar surface area (TPSA) is 59.1 Å². The summed E-state index contributed by atoms with van der Waals surface area (Å²) >= 11 is 3.40. The maximum Gasteiger partial charge on any atom is 0.0873 e. The maximum absolute atomic E-state index is 10.7. The van der Waals surface area contributed by atoms with Gasteiger partial charge in [0, 0.05) is 34.4 Å². The maximum atomic E-state index is 10.7. The molecule has 3 N–H and O–H groups in total. The van der Waals surface area contributed by atoms with Crippen LogP contribution in [0.4, 0.5) is 0 Å². The molecule has 100 valence electrons. The van der Waals surface area contributed by atoms with Gasteiger partial charge in [-0.3, -0.25) is 4.98 Å². The van der Waals surface area contributed by atoms with E-state index in [4.69, 9.17) is 5.73 Å². The zero-order valence-corrected chi connectivity index (χ0v) is 12.4. The fourth-order valence-electron chi connectivity index (χ4n) is 3.10. The molecule has 0 saturated heterocycles. The van der Waals surface area contributed by atoms with E-state index in [1.807, 2.05) is 6.07 Å². The number of hydrogen-bond acceptors (Lipinski definition) is 3. The molecule has 1 aromatic heterocycles. The molecule has 1 aliphatic carbocycles. The molecule has 4 heteroatoms. The van der Waals surface area contributed by atoms with E-state index in [9.17, 15) is 5.11 Å². The zero-order valence-electron chi connectivity index (χ0n) is 10.8. The van der Waals surface area contributed by atoms with E-state index >= 15 is 0 Å². The van der Waals surface area contributed by atoms with Crippen LogP contribution in [0.2, 0.25) is 0 Å². The standard InChI is InChI=1S/C14H21BrN2O/c1-2-10-3-4-14(6-10,9-16)13(18)11-5-12(15)8-17-7-11/h5,7-8,10,13,18H,2-4,6,9,16H2,1H3. The van der Waals surface area contributed by atoms with Gasteiger partial charge in [-0.2, -0.15) is 0 Å². The molecule has 3 atom stereocenters. The van der Waals surface area contributed by atoms with Crippen molar-refractivity contribution in [2.24, 2.45) is 17.1 Å². The van der Waals surface area contributed by atoms with Crippen molar-refractivity contribution < 1.29 is 5.11 Å². The molecule has 0 radical (unpaired) electrons. The molecule has 0 bridgehead atoms. The number of rotatable bonds is 4. The van der Waals surface area contributed by atoms with Gasteiger partial charge in [0.1, 0.15) is 0 Å². The zero-order chi connectivity index (χ0) is 13.2. The van der Waals surface area contributed by atoms with Gasteiger partial charge in [0.05, 0.1) is 6.10 Å². The summed E-state index contributed by atoms with van der Waals surface area (Å²) in [6.07, 6.45) is 7.34. The Balaban J connectivity index is 2.23. The van der Waals surface area contributed by atoms with Crippen molar-refractivity contribution in [2.45, 2.75) is 38.7 Å². The van der Waals surface area contributed by atoms with Crippen molar-refractivity contribution in [1.29, 1.82) is 0 Å². The number of aromatic nitrogens is 1. The summed E-state index contributed by atoms with van der Waals surface area (Å²) in [7, 11) is 0. The Morgan fingerprint density at radius 2 is 2.39 bits per heavy atom. The lowest BCUT2D eigenvalue weighted by Crippen LogP contribution is -2.34. The number of aliphatic hydroxyl groups excluding tert-OH is 1. The summed E-state index contributed by atoms with van der Waals surface area (Å²) in [6.45, 7) is 2.75. The summed E-state index contributed by atoms with van der Waals surface area (Å²) < 4.78 is 0.899. The van der Waals surface area contributed by atoms with Gasteiger partial charge >= 0.3 is 0 Å². The van der Waals surface area contributed by atoms with Crippen LogP contribution in [0, 0.1) is 11.3 Å². The van der Waals surface area contributed by atoms with Crippen LogP contribution in [-0.4, -0.2) is 16.6 Å². The van der Waals surface area contributed by atoms with Crippen molar-refractivity contribution in [3.05, 3.63) is 28.5 Å². The first kappa shape index (κ1) is 14.0. The minimum Gasteiger partial charge on any atom is -0.388 e. The van der Waals surface area contributed by atoms with E-state index in [0.29, 0.717) is 12.5 Å². The highest BCUT2D eigenvalue weighted by Crippen LogP contribution is 2.50. The van der Waals surface area contributed by atoms with Crippen LogP contribution in [0.5, 0.6) is 0 Å². The molecule has 3 unspecified atom stereocenters. The van der Waals surface area contributed by atoms with E-state index in [1.165, 1.54) is 12.8 Å². The Kier molecular flexibility index (Phi) is 4.41. The highest BCUT2D eigenvalue weighted by atomic mass is 79.9. The third-order valence-corrected chi connectivity index (χ3v) is 4.79. The average Bonchev–Trinajstić information content (AvgIpc) is 2.83. The molecule has 1 fully saturated rings. The van der Waals surface area contributed by atoms with Gasteiger partial charge in [0.2, 0.25) is 0 Å². The first-order valence-electron chi connectivity index (χ1n) is 6.60. The SMILES string of the molecule is CCC1CCC(CN)(C(O)c2cncc(Br)c2)C1. The Bertz CT molecular complexity index is 413. The molecule has 1 aromatic rings. The normalized spacial score (nSPS) is 29.4. The van der Waals surface area contributed by atoms with Crippen molar-refractivity contribution >= 4 is 15.9 Å². The fourth-order valence-corrected chi connectivity index (χ4v) is 3.48. The Hall–Kier alpha value is -0.450. The second kappa shape index (κ2) is 5.68. The molecule has 2 rings (SSSR count). The second-order valence-electron chi connectivity index (χ2n) is 5.42. The molecule has 1 aliphatic rings. The van der Waals surface area contributed by atoms with Crippen molar-refractivity contribution in [1.82, 2.24) is 4.98 Å². The third-order valence-electron chi connectivity index (χ3n) is 4.35. The van der Waals surface area contributed by atoms with Gasteiger partial charge in [-0.05, 0) is 47.2 Å². The molecule has 0 aliphatic heterocycles. The largest absolute Gasteiger partial charge is 0.388 e. The second-order valence-corrected chi connectivity index (χ2v) is 6.34. The average molecular weight is 313 g/mol. The predicted molar refractivity (Wildman–Crippen MR) is 76.0 cm³/mol. The first-order valence-corrected chi connectivity index (χ1v) is 7.39. The van der Waals surface area contributed by atoms with Crippen molar-refractivity contribution in [3.8, 4) is 0 Å². The van der Waals surface area contributed by atoms with Crippen LogP contribution >= 0.6 is 15.9 Å². The summed E-state index contributed by atoms with van der Waals surface area (Å²) in [5.41, 5.74) is 6.67. The van der Waals surface area contributed by atoms with Crippen LogP contribution in [0.25, 0.3) is 0 Å². The summed E-state index contributed by atoms with van der Waals surface area (Å²) in [5, 5.41) is 10.7. The van der Waals surface area contributed by atoms with Gasteiger partial charge < -0.3 is 10.8 Å².